The van der Waals surface area contributed by atoms with E-state index in [0.717, 1.165) is 6.42 Å². The van der Waals surface area contributed by atoms with Gasteiger partial charge in [-0.05, 0) is 13.3 Å². The highest BCUT2D eigenvalue weighted by Crippen LogP contribution is 2.47. The summed E-state index contributed by atoms with van der Waals surface area (Å²) in [6.07, 6.45) is 1.27. The van der Waals surface area contributed by atoms with Crippen LogP contribution in [0, 0.1) is 0 Å². The average molecular weight is 371 g/mol. The molecule has 1 N–H and O–H groups in total. The normalized spacial score (nSPS) is 25.6. The number of halogens is 1. The molecule has 130 valence electrons. The molecule has 0 saturated carbocycles. The zero-order valence-corrected chi connectivity index (χ0v) is 15.3. The number of carbonyl (C=O) groups excluding carboxylic acids is 2. The van der Waals surface area contributed by atoms with Gasteiger partial charge >= 0.3 is 0 Å². The van der Waals surface area contributed by atoms with Crippen molar-refractivity contribution in [3.05, 3.63) is 17.2 Å². The van der Waals surface area contributed by atoms with Gasteiger partial charge in [0.2, 0.25) is 11.8 Å². The van der Waals surface area contributed by atoms with Crippen molar-refractivity contribution in [3.63, 3.8) is 0 Å². The molecule has 2 saturated heterocycles. The molecule has 2 amide bonds. The monoisotopic (exact) mass is 370 g/mol. The van der Waals surface area contributed by atoms with Crippen LogP contribution in [0.4, 0.5) is 5.69 Å². The van der Waals surface area contributed by atoms with E-state index in [-0.39, 0.29) is 16.7 Å². The molecular weight excluding hydrogens is 352 g/mol. The number of nitrogens with one attached hydrogen (secondary N) is 1. The molecule has 6 nitrogen and oxygen atoms in total. The van der Waals surface area contributed by atoms with Crippen LogP contribution in [-0.2, 0) is 9.59 Å². The smallest absolute Gasteiger partial charge is 0.248 e. The maximum absolute atomic E-state index is 12.8. The third kappa shape index (κ3) is 2.80. The van der Waals surface area contributed by atoms with Gasteiger partial charge in [-0.2, -0.15) is 0 Å². The lowest BCUT2D eigenvalue weighted by atomic mass is 10.2. The summed E-state index contributed by atoms with van der Waals surface area (Å²) in [6, 6.07) is 2.72. The van der Waals surface area contributed by atoms with Gasteiger partial charge in [-0.15, -0.1) is 11.8 Å². The van der Waals surface area contributed by atoms with Crippen LogP contribution in [0.2, 0.25) is 5.02 Å². The Morgan fingerprint density at radius 3 is 2.75 bits per heavy atom. The van der Waals surface area contributed by atoms with Crippen LogP contribution in [0.15, 0.2) is 12.1 Å². The molecule has 8 heteroatoms. The first-order chi connectivity index (χ1) is 11.4. The number of carbonyl (C=O) groups is 2. The van der Waals surface area contributed by atoms with Gasteiger partial charge in [-0.1, -0.05) is 11.6 Å². The second kappa shape index (κ2) is 6.37. The summed E-state index contributed by atoms with van der Waals surface area (Å²) in [5.74, 6) is 1.26. The first-order valence-electron chi connectivity index (χ1n) is 7.58. The number of fused-ring (bicyclic) bond motifs is 1. The highest BCUT2D eigenvalue weighted by atomic mass is 35.5. The fourth-order valence-electron chi connectivity index (χ4n) is 3.19. The second-order valence-electron chi connectivity index (χ2n) is 5.94. The summed E-state index contributed by atoms with van der Waals surface area (Å²) in [6.45, 7) is 2.02. The van der Waals surface area contributed by atoms with Gasteiger partial charge in [0.15, 0.2) is 0 Å². The van der Waals surface area contributed by atoms with Crippen molar-refractivity contribution in [3.8, 4) is 11.5 Å². The third-order valence-corrected chi connectivity index (χ3v) is 6.28. The van der Waals surface area contributed by atoms with Crippen molar-refractivity contribution >= 4 is 40.9 Å². The number of rotatable bonds is 4. The highest BCUT2D eigenvalue weighted by Gasteiger charge is 2.52. The van der Waals surface area contributed by atoms with Crippen LogP contribution < -0.4 is 14.8 Å². The van der Waals surface area contributed by atoms with E-state index in [1.54, 1.807) is 28.8 Å². The molecule has 0 bridgehead atoms. The molecule has 0 aromatic heterocycles. The number of nitrogens with zero attached hydrogens (tertiary/aromatic N) is 1. The molecule has 2 fully saturated rings. The van der Waals surface area contributed by atoms with Crippen molar-refractivity contribution in [2.45, 2.75) is 30.7 Å². The summed E-state index contributed by atoms with van der Waals surface area (Å²) in [5.41, 5.74) is 0.467. The maximum Gasteiger partial charge on any atom is 0.248 e. The van der Waals surface area contributed by atoms with E-state index in [4.69, 9.17) is 21.1 Å². The minimum Gasteiger partial charge on any atom is -0.495 e. The molecule has 2 aliphatic rings. The molecule has 0 aliphatic carbocycles. The predicted octanol–water partition coefficient (Wildman–Crippen LogP) is 2.75. The topological polar surface area (TPSA) is 67.9 Å². The van der Waals surface area contributed by atoms with Crippen LogP contribution in [0.3, 0.4) is 0 Å². The average Bonchev–Trinajstić information content (AvgIpc) is 3.05. The summed E-state index contributed by atoms with van der Waals surface area (Å²) in [7, 11) is 3.00. The molecule has 1 aromatic carbocycles. The number of thioether (sulfide) groups is 1. The summed E-state index contributed by atoms with van der Waals surface area (Å²) in [4.78, 5) is 26.4. The Hall–Kier alpha value is -1.60. The van der Waals surface area contributed by atoms with Crippen LogP contribution in [0.25, 0.3) is 0 Å². The quantitative estimate of drug-likeness (QED) is 0.882. The lowest BCUT2D eigenvalue weighted by Gasteiger charge is -2.30. The molecule has 2 atom stereocenters. The Morgan fingerprint density at radius 2 is 2.08 bits per heavy atom. The van der Waals surface area contributed by atoms with Gasteiger partial charge in [0.05, 0.1) is 29.8 Å². The zero-order chi connectivity index (χ0) is 17.5. The van der Waals surface area contributed by atoms with Gasteiger partial charge in [-0.3, -0.25) is 9.59 Å². The number of anilines is 1. The molecular formula is C16H19ClN2O4S. The Balaban J connectivity index is 1.84. The SMILES string of the molecule is COc1cc(NC(=O)[C@@H]2CS[C@@]3(C)CCC(=O)N23)c(OC)cc1Cl. The van der Waals surface area contributed by atoms with E-state index >= 15 is 0 Å². The molecule has 0 spiro atoms. The van der Waals surface area contributed by atoms with Gasteiger partial charge in [0, 0.05) is 24.3 Å². The number of ether oxygens (including phenoxy) is 2. The predicted molar refractivity (Wildman–Crippen MR) is 93.9 cm³/mol. The van der Waals surface area contributed by atoms with Gasteiger partial charge < -0.3 is 19.7 Å². The van der Waals surface area contributed by atoms with Gasteiger partial charge in [-0.25, -0.2) is 0 Å². The second-order valence-corrected chi connectivity index (χ2v) is 7.85. The first kappa shape index (κ1) is 17.2. The minimum absolute atomic E-state index is 0.0308. The van der Waals surface area contributed by atoms with E-state index < -0.39 is 6.04 Å². The van der Waals surface area contributed by atoms with Crippen molar-refractivity contribution in [1.82, 2.24) is 4.90 Å². The van der Waals surface area contributed by atoms with Crippen LogP contribution in [-0.4, -0.2) is 47.6 Å². The number of amides is 2. The summed E-state index contributed by atoms with van der Waals surface area (Å²) in [5, 5.41) is 3.24. The number of methoxy groups -OCH3 is 2. The van der Waals surface area contributed by atoms with Crippen LogP contribution in [0.1, 0.15) is 19.8 Å². The highest BCUT2D eigenvalue weighted by molar-refractivity contribution is 8.01. The van der Waals surface area contributed by atoms with E-state index in [9.17, 15) is 9.59 Å². The van der Waals surface area contributed by atoms with E-state index in [2.05, 4.69) is 5.32 Å². The van der Waals surface area contributed by atoms with Crippen LogP contribution in [0.5, 0.6) is 11.5 Å². The molecule has 0 unspecified atom stereocenters. The number of hydrogen-bond acceptors (Lipinski definition) is 5. The summed E-state index contributed by atoms with van der Waals surface area (Å²) >= 11 is 7.73. The lowest BCUT2D eigenvalue weighted by molar-refractivity contribution is -0.135. The number of benzene rings is 1. The van der Waals surface area contributed by atoms with Gasteiger partial charge in [0.25, 0.3) is 0 Å². The Morgan fingerprint density at radius 1 is 1.38 bits per heavy atom. The molecule has 2 heterocycles. The fraction of sp³-hybridized carbons (Fsp3) is 0.500. The minimum atomic E-state index is -0.485. The van der Waals surface area contributed by atoms with Crippen molar-refractivity contribution in [2.75, 3.05) is 25.3 Å². The van der Waals surface area contributed by atoms with E-state index in [0.29, 0.717) is 34.4 Å². The molecule has 24 heavy (non-hydrogen) atoms. The standard InChI is InChI=1S/C16H19ClN2O4S/c1-16-5-4-14(20)19(16)11(8-24-16)15(21)18-10-7-12(22-2)9(17)6-13(10)23-3/h6-7,11H,4-5,8H2,1-3H3,(H,18,21)/t11-,16-/m0/s1. The largest absolute Gasteiger partial charge is 0.495 e. The zero-order valence-electron chi connectivity index (χ0n) is 13.7. The molecule has 3 rings (SSSR count). The fourth-order valence-corrected chi connectivity index (χ4v) is 4.85. The summed E-state index contributed by atoms with van der Waals surface area (Å²) < 4.78 is 10.5. The van der Waals surface area contributed by atoms with Crippen molar-refractivity contribution in [1.29, 1.82) is 0 Å². The van der Waals surface area contributed by atoms with E-state index in [1.165, 1.54) is 14.2 Å². The first-order valence-corrected chi connectivity index (χ1v) is 8.94. The Labute approximate surface area is 149 Å². The third-order valence-electron chi connectivity index (χ3n) is 4.48. The Kier molecular flexibility index (Phi) is 4.57. The maximum atomic E-state index is 12.8. The molecule has 0 radical (unpaired) electrons. The molecule has 2 aliphatic heterocycles. The van der Waals surface area contributed by atoms with Crippen LogP contribution >= 0.6 is 23.4 Å². The van der Waals surface area contributed by atoms with Gasteiger partial charge in [0.1, 0.15) is 17.5 Å². The van der Waals surface area contributed by atoms with Crippen molar-refractivity contribution < 1.29 is 19.1 Å². The van der Waals surface area contributed by atoms with E-state index in [1.807, 2.05) is 6.92 Å². The van der Waals surface area contributed by atoms with Crippen molar-refractivity contribution in [2.24, 2.45) is 0 Å². The lowest BCUT2D eigenvalue weighted by Crippen LogP contribution is -2.48. The Bertz CT molecular complexity index is 699. The number of hydrogen-bond donors (Lipinski definition) is 1. The molecule has 1 aromatic rings.